The topological polar surface area (TPSA) is 59.8 Å². The van der Waals surface area contributed by atoms with Crippen LogP contribution in [-0.4, -0.2) is 27.0 Å². The van der Waals surface area contributed by atoms with Crippen LogP contribution >= 0.6 is 11.6 Å². The molecule has 6 heteroatoms. The predicted molar refractivity (Wildman–Crippen MR) is 84.5 cm³/mol. The van der Waals surface area contributed by atoms with Crippen LogP contribution in [-0.2, 0) is 11.3 Å². The van der Waals surface area contributed by atoms with E-state index >= 15 is 0 Å². The number of rotatable bonds is 6. The van der Waals surface area contributed by atoms with Gasteiger partial charge in [0, 0.05) is 25.2 Å². The van der Waals surface area contributed by atoms with Gasteiger partial charge in [0.15, 0.2) is 5.65 Å². The fraction of sp³-hybridized carbons (Fsp3) is 0.533. The van der Waals surface area contributed by atoms with Crippen molar-refractivity contribution in [1.29, 1.82) is 0 Å². The van der Waals surface area contributed by atoms with Crippen LogP contribution in [0.5, 0.6) is 0 Å². The first-order valence-corrected chi connectivity index (χ1v) is 7.71. The van der Waals surface area contributed by atoms with Gasteiger partial charge in [-0.2, -0.15) is 0 Å². The van der Waals surface area contributed by atoms with Crippen molar-refractivity contribution in [3.8, 4) is 0 Å². The Hall–Kier alpha value is -1.62. The van der Waals surface area contributed by atoms with Crippen LogP contribution in [0.2, 0.25) is 0 Å². The van der Waals surface area contributed by atoms with E-state index in [9.17, 15) is 4.79 Å². The third-order valence-electron chi connectivity index (χ3n) is 3.25. The molecular weight excluding hydrogens is 288 g/mol. The lowest BCUT2D eigenvalue weighted by Gasteiger charge is -2.10. The van der Waals surface area contributed by atoms with E-state index in [1.54, 1.807) is 0 Å². The van der Waals surface area contributed by atoms with Gasteiger partial charge in [0.1, 0.15) is 11.3 Å². The third kappa shape index (κ3) is 3.73. The molecule has 5 nitrogen and oxygen atoms in total. The highest BCUT2D eigenvalue weighted by Gasteiger charge is 2.16. The van der Waals surface area contributed by atoms with Crippen molar-refractivity contribution in [3.05, 3.63) is 23.7 Å². The van der Waals surface area contributed by atoms with E-state index < -0.39 is 0 Å². The van der Waals surface area contributed by atoms with Crippen molar-refractivity contribution in [2.24, 2.45) is 0 Å². The average molecular weight is 309 g/mol. The van der Waals surface area contributed by atoms with Crippen LogP contribution in [0.15, 0.2) is 12.1 Å². The molecule has 0 saturated heterocycles. The van der Waals surface area contributed by atoms with Gasteiger partial charge in [0.25, 0.3) is 0 Å². The minimum Gasteiger partial charge on any atom is -0.356 e. The van der Waals surface area contributed by atoms with Gasteiger partial charge in [-0.05, 0) is 32.4 Å². The number of nitrogens with one attached hydrogen (secondary N) is 1. The molecular formula is C15H21ClN4O. The Morgan fingerprint density at radius 3 is 2.86 bits per heavy atom. The maximum Gasteiger partial charge on any atom is 0.221 e. The van der Waals surface area contributed by atoms with Gasteiger partial charge >= 0.3 is 0 Å². The summed E-state index contributed by atoms with van der Waals surface area (Å²) in [5.41, 5.74) is 2.53. The Labute approximate surface area is 129 Å². The zero-order chi connectivity index (χ0) is 15.4. The van der Waals surface area contributed by atoms with Crippen molar-refractivity contribution in [3.63, 3.8) is 0 Å². The van der Waals surface area contributed by atoms with Gasteiger partial charge in [-0.15, -0.1) is 11.6 Å². The second-order valence-electron chi connectivity index (χ2n) is 5.13. The van der Waals surface area contributed by atoms with Crippen LogP contribution in [0.25, 0.3) is 11.2 Å². The quantitative estimate of drug-likeness (QED) is 0.835. The molecule has 1 unspecified atom stereocenters. The molecule has 1 amide bonds. The van der Waals surface area contributed by atoms with E-state index in [2.05, 4.69) is 15.3 Å². The maximum absolute atomic E-state index is 11.8. The van der Waals surface area contributed by atoms with Crippen molar-refractivity contribution >= 4 is 28.7 Å². The van der Waals surface area contributed by atoms with Crippen molar-refractivity contribution in [1.82, 2.24) is 19.9 Å². The molecule has 0 aliphatic heterocycles. The third-order valence-corrected chi connectivity index (χ3v) is 3.45. The predicted octanol–water partition coefficient (Wildman–Crippen LogP) is 2.96. The largest absolute Gasteiger partial charge is 0.356 e. The molecule has 2 heterocycles. The van der Waals surface area contributed by atoms with Gasteiger partial charge in [-0.3, -0.25) is 4.79 Å². The van der Waals surface area contributed by atoms with E-state index in [1.807, 2.05) is 37.5 Å². The molecule has 1 N–H and O–H groups in total. The Bertz CT molecular complexity index is 636. The summed E-state index contributed by atoms with van der Waals surface area (Å²) < 4.78 is 1.95. The molecule has 0 bridgehead atoms. The molecule has 0 aliphatic carbocycles. The number of halogens is 1. The molecule has 114 valence electrons. The van der Waals surface area contributed by atoms with Crippen LogP contribution in [0, 0.1) is 6.92 Å². The number of aromatic nitrogens is 3. The molecule has 2 rings (SSSR count). The van der Waals surface area contributed by atoms with Crippen molar-refractivity contribution in [2.75, 3.05) is 6.54 Å². The van der Waals surface area contributed by atoms with E-state index in [0.29, 0.717) is 19.5 Å². The van der Waals surface area contributed by atoms with Crippen LogP contribution in [0.1, 0.15) is 43.6 Å². The van der Waals surface area contributed by atoms with Gasteiger partial charge < -0.3 is 9.88 Å². The number of alkyl halides is 1. The number of imidazole rings is 1. The Morgan fingerprint density at radius 2 is 2.19 bits per heavy atom. The van der Waals surface area contributed by atoms with Gasteiger partial charge in [-0.25, -0.2) is 9.97 Å². The molecule has 0 aliphatic rings. The molecule has 2 aromatic heterocycles. The number of pyridine rings is 1. The minimum absolute atomic E-state index is 0.0412. The monoisotopic (exact) mass is 308 g/mol. The van der Waals surface area contributed by atoms with E-state index in [-0.39, 0.29) is 11.3 Å². The number of hydrogen-bond donors (Lipinski definition) is 1. The summed E-state index contributed by atoms with van der Waals surface area (Å²) in [5, 5.41) is 2.65. The number of carbonyl (C=O) groups excluding carboxylic acids is 1. The van der Waals surface area contributed by atoms with E-state index in [4.69, 9.17) is 11.6 Å². The second-order valence-corrected chi connectivity index (χ2v) is 5.79. The Kier molecular flexibility index (Phi) is 5.17. The number of hydrogen-bond acceptors (Lipinski definition) is 3. The summed E-state index contributed by atoms with van der Waals surface area (Å²) in [6, 6.07) is 3.87. The number of aryl methyl sites for hydroxylation is 2. The first-order chi connectivity index (χ1) is 10.0. The molecule has 0 radical (unpaired) electrons. The van der Waals surface area contributed by atoms with E-state index in [1.165, 1.54) is 0 Å². The number of amides is 1. The summed E-state index contributed by atoms with van der Waals surface area (Å²) in [6.07, 6.45) is 1.34. The zero-order valence-corrected chi connectivity index (χ0v) is 13.4. The lowest BCUT2D eigenvalue weighted by molar-refractivity contribution is -0.121. The highest BCUT2D eigenvalue weighted by molar-refractivity contribution is 6.20. The molecule has 0 spiro atoms. The average Bonchev–Trinajstić information content (AvgIpc) is 2.81. The van der Waals surface area contributed by atoms with E-state index in [0.717, 1.165) is 29.1 Å². The molecule has 1 atom stereocenters. The van der Waals surface area contributed by atoms with Crippen molar-refractivity contribution in [2.45, 2.75) is 45.5 Å². The summed E-state index contributed by atoms with van der Waals surface area (Å²) in [7, 11) is 0. The van der Waals surface area contributed by atoms with Gasteiger partial charge in [0.05, 0.1) is 5.38 Å². The summed E-state index contributed by atoms with van der Waals surface area (Å²) in [6.45, 7) is 7.09. The maximum atomic E-state index is 11.8. The van der Waals surface area contributed by atoms with Crippen LogP contribution in [0.4, 0.5) is 0 Å². The lowest BCUT2D eigenvalue weighted by atomic mass is 10.3. The van der Waals surface area contributed by atoms with Gasteiger partial charge in [-0.1, -0.05) is 6.92 Å². The first-order valence-electron chi connectivity index (χ1n) is 7.27. The summed E-state index contributed by atoms with van der Waals surface area (Å²) >= 11 is 6.21. The fourth-order valence-corrected chi connectivity index (χ4v) is 2.37. The number of carbonyl (C=O) groups is 1. The Balaban J connectivity index is 2.25. The lowest BCUT2D eigenvalue weighted by Crippen LogP contribution is -2.25. The minimum atomic E-state index is -0.224. The summed E-state index contributed by atoms with van der Waals surface area (Å²) in [4.78, 5) is 20.8. The Morgan fingerprint density at radius 1 is 1.43 bits per heavy atom. The fourth-order valence-electron chi connectivity index (χ4n) is 2.20. The van der Waals surface area contributed by atoms with Crippen molar-refractivity contribution < 1.29 is 4.79 Å². The standard InChI is InChI=1S/C15H21ClN4O/c1-4-8-17-13(21)7-9-20-14(11(3)16)19-12-6-5-10(2)18-15(12)20/h5-6,11H,4,7-9H2,1-3H3,(H,17,21). The smallest absolute Gasteiger partial charge is 0.221 e. The molecule has 0 aromatic carbocycles. The van der Waals surface area contributed by atoms with Crippen LogP contribution in [0.3, 0.4) is 0 Å². The number of fused-ring (bicyclic) bond motifs is 1. The SMILES string of the molecule is CCCNC(=O)CCn1c(C(C)Cl)nc2ccc(C)nc21. The highest BCUT2D eigenvalue weighted by Crippen LogP contribution is 2.24. The molecule has 0 saturated carbocycles. The zero-order valence-electron chi connectivity index (χ0n) is 12.7. The molecule has 21 heavy (non-hydrogen) atoms. The first kappa shape index (κ1) is 15.8. The second kappa shape index (κ2) is 6.89. The van der Waals surface area contributed by atoms with Crippen LogP contribution < -0.4 is 5.32 Å². The normalized spacial score (nSPS) is 12.6. The number of nitrogens with zero attached hydrogens (tertiary/aromatic N) is 3. The van der Waals surface area contributed by atoms with Gasteiger partial charge in [0.2, 0.25) is 5.91 Å². The molecule has 2 aromatic rings. The molecule has 0 fully saturated rings. The highest BCUT2D eigenvalue weighted by atomic mass is 35.5. The summed E-state index contributed by atoms with van der Waals surface area (Å²) in [5.74, 6) is 0.799.